The Morgan fingerprint density at radius 3 is 2.71 bits per heavy atom. The third-order valence-corrected chi connectivity index (χ3v) is 2.31. The van der Waals surface area contributed by atoms with Crippen LogP contribution in [0.5, 0.6) is 0 Å². The second kappa shape index (κ2) is 5.27. The van der Waals surface area contributed by atoms with Gasteiger partial charge in [-0.3, -0.25) is 4.79 Å². The lowest BCUT2D eigenvalue weighted by molar-refractivity contribution is -0.671. The first-order valence-corrected chi connectivity index (χ1v) is 5.72. The molecule has 0 bridgehead atoms. The van der Waals surface area contributed by atoms with Crippen molar-refractivity contribution in [1.29, 1.82) is 0 Å². The molecule has 0 fully saturated rings. The maximum Gasteiger partial charge on any atom is 0.259 e. The number of carbonyl (C=O) groups is 1. The zero-order valence-corrected chi connectivity index (χ0v) is 10.9. The molecule has 1 heterocycles. The van der Waals surface area contributed by atoms with Crippen molar-refractivity contribution in [1.82, 2.24) is 5.32 Å². The molecule has 94 valence electrons. The lowest BCUT2D eigenvalue weighted by Crippen LogP contribution is -2.38. The van der Waals surface area contributed by atoms with Crippen molar-refractivity contribution in [3.8, 4) is 0 Å². The Morgan fingerprint density at radius 1 is 1.53 bits per heavy atom. The van der Waals surface area contributed by atoms with Crippen LogP contribution >= 0.6 is 0 Å². The van der Waals surface area contributed by atoms with Crippen LogP contribution in [0.1, 0.15) is 37.6 Å². The predicted molar refractivity (Wildman–Crippen MR) is 65.2 cm³/mol. The number of hydrogen-bond acceptors (Lipinski definition) is 2. The van der Waals surface area contributed by atoms with Gasteiger partial charge in [-0.05, 0) is 17.9 Å². The van der Waals surface area contributed by atoms with Crippen LogP contribution in [-0.2, 0) is 7.05 Å². The van der Waals surface area contributed by atoms with E-state index in [1.807, 2.05) is 34.0 Å². The van der Waals surface area contributed by atoms with Crippen molar-refractivity contribution in [2.45, 2.75) is 33.4 Å². The van der Waals surface area contributed by atoms with Crippen LogP contribution in [0.15, 0.2) is 24.5 Å². The van der Waals surface area contributed by atoms with Crippen molar-refractivity contribution in [3.05, 3.63) is 30.1 Å². The highest BCUT2D eigenvalue weighted by Crippen LogP contribution is 2.19. The minimum atomic E-state index is -0.812. The zero-order valence-electron chi connectivity index (χ0n) is 10.9. The van der Waals surface area contributed by atoms with Crippen LogP contribution < -0.4 is 9.88 Å². The Labute approximate surface area is 102 Å². The molecule has 1 rings (SSSR count). The van der Waals surface area contributed by atoms with Crippen LogP contribution in [0.2, 0.25) is 0 Å². The fourth-order valence-electron chi connectivity index (χ4n) is 1.59. The van der Waals surface area contributed by atoms with Gasteiger partial charge < -0.3 is 10.4 Å². The quantitative estimate of drug-likeness (QED) is 0.608. The lowest BCUT2D eigenvalue weighted by atomic mass is 9.91. The Hall–Kier alpha value is -1.42. The average molecular weight is 237 g/mol. The van der Waals surface area contributed by atoms with Gasteiger partial charge in [0, 0.05) is 6.07 Å². The summed E-state index contributed by atoms with van der Waals surface area (Å²) in [6, 6.07) is 3.52. The molecule has 0 saturated carbocycles. The van der Waals surface area contributed by atoms with E-state index in [1.165, 1.54) is 0 Å². The molecule has 2 N–H and O–H groups in total. The number of aliphatic hydroxyl groups is 1. The van der Waals surface area contributed by atoms with Gasteiger partial charge in [-0.2, -0.15) is 0 Å². The van der Waals surface area contributed by atoms with Crippen LogP contribution in [0.25, 0.3) is 0 Å². The van der Waals surface area contributed by atoms with Crippen molar-refractivity contribution >= 4 is 5.91 Å². The molecule has 1 atom stereocenters. The fraction of sp³-hybridized carbons (Fsp3) is 0.538. The van der Waals surface area contributed by atoms with Gasteiger partial charge in [0.2, 0.25) is 0 Å². The van der Waals surface area contributed by atoms with E-state index >= 15 is 0 Å². The average Bonchev–Trinajstić information content (AvgIpc) is 2.14. The summed E-state index contributed by atoms with van der Waals surface area (Å²) in [6.07, 6.45) is 3.28. The van der Waals surface area contributed by atoms with Gasteiger partial charge in [0.05, 0.1) is 0 Å². The van der Waals surface area contributed by atoms with Crippen molar-refractivity contribution in [2.75, 3.05) is 0 Å². The summed E-state index contributed by atoms with van der Waals surface area (Å²) in [5, 5.41) is 12.3. The Kier molecular flexibility index (Phi) is 4.23. The topological polar surface area (TPSA) is 53.2 Å². The fourth-order valence-corrected chi connectivity index (χ4v) is 1.59. The van der Waals surface area contributed by atoms with Gasteiger partial charge in [0.25, 0.3) is 5.91 Å². The number of hydrogen-bond donors (Lipinski definition) is 2. The summed E-state index contributed by atoms with van der Waals surface area (Å²) in [6.45, 7) is 6.06. The maximum atomic E-state index is 11.8. The molecule has 0 aliphatic heterocycles. The molecule has 4 heteroatoms. The summed E-state index contributed by atoms with van der Waals surface area (Å²) in [5.74, 6) is -0.252. The molecule has 0 aliphatic carbocycles. The third kappa shape index (κ3) is 4.95. The molecule has 0 saturated heterocycles. The number of nitrogens with zero attached hydrogens (tertiary/aromatic N) is 1. The first-order chi connectivity index (χ1) is 7.78. The number of amides is 1. The Balaban J connectivity index is 2.61. The van der Waals surface area contributed by atoms with Crippen LogP contribution in [0, 0.1) is 5.41 Å². The van der Waals surface area contributed by atoms with E-state index in [2.05, 4.69) is 5.32 Å². The first-order valence-electron chi connectivity index (χ1n) is 5.72. The molecule has 0 aromatic carbocycles. The van der Waals surface area contributed by atoms with E-state index in [-0.39, 0.29) is 11.3 Å². The van der Waals surface area contributed by atoms with Crippen molar-refractivity contribution in [2.24, 2.45) is 12.5 Å². The van der Waals surface area contributed by atoms with Gasteiger partial charge in [-0.25, -0.2) is 4.57 Å². The summed E-state index contributed by atoms with van der Waals surface area (Å²) in [7, 11) is 1.85. The van der Waals surface area contributed by atoms with E-state index in [0.717, 1.165) is 0 Å². The van der Waals surface area contributed by atoms with E-state index in [4.69, 9.17) is 0 Å². The summed E-state index contributed by atoms with van der Waals surface area (Å²) in [5.41, 5.74) is 0.525. The lowest BCUT2D eigenvalue weighted by Gasteiger charge is -2.22. The minimum Gasteiger partial charge on any atom is -0.374 e. The van der Waals surface area contributed by atoms with Crippen LogP contribution in [0.4, 0.5) is 0 Å². The number of aromatic nitrogens is 1. The highest BCUT2D eigenvalue weighted by molar-refractivity contribution is 5.93. The van der Waals surface area contributed by atoms with Crippen LogP contribution in [-0.4, -0.2) is 17.2 Å². The Morgan fingerprint density at radius 2 is 2.18 bits per heavy atom. The summed E-state index contributed by atoms with van der Waals surface area (Å²) >= 11 is 0. The van der Waals surface area contributed by atoms with Crippen molar-refractivity contribution in [3.63, 3.8) is 0 Å². The molecular weight excluding hydrogens is 216 g/mol. The molecule has 1 amide bonds. The van der Waals surface area contributed by atoms with Gasteiger partial charge >= 0.3 is 0 Å². The van der Waals surface area contributed by atoms with E-state index in [9.17, 15) is 9.90 Å². The van der Waals surface area contributed by atoms with Crippen LogP contribution in [0.3, 0.4) is 0 Å². The van der Waals surface area contributed by atoms with Crippen molar-refractivity contribution < 1.29 is 14.5 Å². The maximum absolute atomic E-state index is 11.8. The molecule has 0 aliphatic rings. The normalized spacial score (nSPS) is 13.2. The highest BCUT2D eigenvalue weighted by Gasteiger charge is 2.19. The second-order valence-corrected chi connectivity index (χ2v) is 5.51. The van der Waals surface area contributed by atoms with Gasteiger partial charge in [-0.15, -0.1) is 0 Å². The monoisotopic (exact) mass is 237 g/mol. The predicted octanol–water partition coefficient (Wildman–Crippen LogP) is 0.995. The molecule has 1 aromatic heterocycles. The number of aliphatic hydroxyl groups excluding tert-OH is 1. The molecule has 0 spiro atoms. The molecule has 1 unspecified atom stereocenters. The van der Waals surface area contributed by atoms with E-state index < -0.39 is 6.23 Å². The molecule has 1 aromatic rings. The Bertz CT molecular complexity index is 397. The highest BCUT2D eigenvalue weighted by atomic mass is 16.3. The smallest absolute Gasteiger partial charge is 0.259 e. The third-order valence-electron chi connectivity index (χ3n) is 2.31. The van der Waals surface area contributed by atoms with E-state index in [1.54, 1.807) is 22.9 Å². The number of pyridine rings is 1. The van der Waals surface area contributed by atoms with E-state index in [0.29, 0.717) is 12.0 Å². The largest absolute Gasteiger partial charge is 0.374 e. The number of nitrogens with one attached hydrogen (secondary N) is 1. The number of carbonyl (C=O) groups excluding carboxylic acids is 1. The number of aryl methyl sites for hydroxylation is 1. The second-order valence-electron chi connectivity index (χ2n) is 5.51. The first kappa shape index (κ1) is 13.6. The minimum absolute atomic E-state index is 0.0198. The molecule has 17 heavy (non-hydrogen) atoms. The summed E-state index contributed by atoms with van der Waals surface area (Å²) in [4.78, 5) is 11.8. The summed E-state index contributed by atoms with van der Waals surface area (Å²) < 4.78 is 1.80. The molecule has 0 radical (unpaired) electrons. The SMILES string of the molecule is C[n+]1cccc(C(=O)NC(O)CC(C)(C)C)c1. The molecular formula is C13H21N2O2+. The van der Waals surface area contributed by atoms with Gasteiger partial charge in [-0.1, -0.05) is 20.8 Å². The van der Waals surface area contributed by atoms with Gasteiger partial charge in [0.1, 0.15) is 18.8 Å². The van der Waals surface area contributed by atoms with Gasteiger partial charge in [0.15, 0.2) is 12.4 Å². The molecule has 4 nitrogen and oxygen atoms in total. The standard InChI is InChI=1S/C13H20N2O2/c1-13(2,3)8-11(16)14-12(17)10-6-5-7-15(4)9-10/h5-7,9,11,16H,8H2,1-4H3/p+1. The number of rotatable bonds is 3. The zero-order chi connectivity index (χ0) is 13.1.